The molecule has 0 saturated carbocycles. The van der Waals surface area contributed by atoms with Gasteiger partial charge in [-0.15, -0.1) is 11.3 Å². The topological polar surface area (TPSA) is 56.0 Å². The highest BCUT2D eigenvalue weighted by Crippen LogP contribution is 2.27. The van der Waals surface area contributed by atoms with Crippen molar-refractivity contribution in [3.05, 3.63) is 16.1 Å². The van der Waals surface area contributed by atoms with Crippen molar-refractivity contribution in [1.29, 1.82) is 0 Å². The van der Waals surface area contributed by atoms with E-state index in [1.165, 1.54) is 12.8 Å². The fraction of sp³-hybridized carbons (Fsp3) is 0.636. The van der Waals surface area contributed by atoms with Gasteiger partial charge in [-0.2, -0.15) is 0 Å². The molecular formula is C11H18N2OS. The van der Waals surface area contributed by atoms with E-state index in [1.54, 1.807) is 16.7 Å². The number of aromatic nitrogens is 1. The van der Waals surface area contributed by atoms with E-state index in [2.05, 4.69) is 18.8 Å². The van der Waals surface area contributed by atoms with E-state index in [4.69, 9.17) is 5.73 Å². The van der Waals surface area contributed by atoms with E-state index < -0.39 is 5.91 Å². The summed E-state index contributed by atoms with van der Waals surface area (Å²) in [6.45, 7) is 4.34. The molecule has 1 aromatic rings. The summed E-state index contributed by atoms with van der Waals surface area (Å²) in [5.41, 5.74) is 5.58. The average Bonchev–Trinajstić information content (AvgIpc) is 2.68. The maximum Gasteiger partial charge on any atom is 0.268 e. The highest BCUT2D eigenvalue weighted by molar-refractivity contribution is 7.09. The quantitative estimate of drug-likeness (QED) is 0.810. The lowest BCUT2D eigenvalue weighted by Crippen LogP contribution is -2.11. The van der Waals surface area contributed by atoms with Gasteiger partial charge in [-0.1, -0.05) is 26.7 Å². The number of carbonyl (C=O) groups excluding carboxylic acids is 1. The first-order valence-corrected chi connectivity index (χ1v) is 6.32. The molecule has 2 N–H and O–H groups in total. The van der Waals surface area contributed by atoms with Crippen LogP contribution in [0.4, 0.5) is 0 Å². The van der Waals surface area contributed by atoms with E-state index in [1.807, 2.05) is 0 Å². The molecule has 15 heavy (non-hydrogen) atoms. The van der Waals surface area contributed by atoms with Crippen molar-refractivity contribution < 1.29 is 4.79 Å². The minimum Gasteiger partial charge on any atom is -0.364 e. The van der Waals surface area contributed by atoms with Crippen molar-refractivity contribution in [1.82, 2.24) is 4.98 Å². The van der Waals surface area contributed by atoms with Crippen LogP contribution in [0, 0.1) is 0 Å². The molecule has 0 radical (unpaired) electrons. The number of primary amides is 1. The van der Waals surface area contributed by atoms with Crippen LogP contribution in [0.1, 0.15) is 60.9 Å². The van der Waals surface area contributed by atoms with E-state index in [9.17, 15) is 4.79 Å². The third kappa shape index (κ3) is 3.30. The molecular weight excluding hydrogens is 208 g/mol. The summed E-state index contributed by atoms with van der Waals surface area (Å²) < 4.78 is 0. The second kappa shape index (κ2) is 5.85. The second-order valence-electron chi connectivity index (χ2n) is 3.68. The molecule has 0 aromatic carbocycles. The molecule has 1 amide bonds. The molecule has 1 heterocycles. The van der Waals surface area contributed by atoms with Gasteiger partial charge < -0.3 is 5.73 Å². The highest BCUT2D eigenvalue weighted by Gasteiger charge is 2.14. The van der Waals surface area contributed by atoms with Crippen LogP contribution in [0.3, 0.4) is 0 Å². The first-order chi connectivity index (χ1) is 7.19. The number of rotatable bonds is 6. The summed E-state index contributed by atoms with van der Waals surface area (Å²) in [6.07, 6.45) is 4.64. The number of amides is 1. The number of unbranched alkanes of at least 4 members (excludes halogenated alkanes) is 1. The molecule has 1 aromatic heterocycles. The third-order valence-electron chi connectivity index (χ3n) is 2.52. The van der Waals surface area contributed by atoms with Gasteiger partial charge in [0.2, 0.25) is 0 Å². The van der Waals surface area contributed by atoms with Crippen LogP contribution in [0.15, 0.2) is 5.38 Å². The van der Waals surface area contributed by atoms with Gasteiger partial charge in [-0.3, -0.25) is 4.79 Å². The summed E-state index contributed by atoms with van der Waals surface area (Å²) in [4.78, 5) is 15.2. The fourth-order valence-corrected chi connectivity index (χ4v) is 2.57. The molecule has 0 aliphatic heterocycles. The van der Waals surface area contributed by atoms with Crippen molar-refractivity contribution in [3.8, 4) is 0 Å². The summed E-state index contributed by atoms with van der Waals surface area (Å²) in [5.74, 6) is 0.0610. The lowest BCUT2D eigenvalue weighted by molar-refractivity contribution is 0.0996. The van der Waals surface area contributed by atoms with E-state index in [-0.39, 0.29) is 0 Å². The zero-order valence-corrected chi connectivity index (χ0v) is 10.1. The number of nitrogens with zero attached hydrogens (tertiary/aromatic N) is 1. The summed E-state index contributed by atoms with van der Waals surface area (Å²) in [7, 11) is 0. The van der Waals surface area contributed by atoms with E-state index in [0.29, 0.717) is 11.6 Å². The Morgan fingerprint density at radius 2 is 2.33 bits per heavy atom. The number of carbonyl (C=O) groups is 1. The van der Waals surface area contributed by atoms with Crippen LogP contribution in [0.2, 0.25) is 0 Å². The molecule has 0 bridgehead atoms. The lowest BCUT2D eigenvalue weighted by Gasteiger charge is -2.10. The number of hydrogen-bond donors (Lipinski definition) is 1. The largest absolute Gasteiger partial charge is 0.364 e. The van der Waals surface area contributed by atoms with Crippen molar-refractivity contribution in [3.63, 3.8) is 0 Å². The van der Waals surface area contributed by atoms with Crippen molar-refractivity contribution >= 4 is 17.2 Å². The first kappa shape index (κ1) is 12.2. The van der Waals surface area contributed by atoms with Crippen molar-refractivity contribution in [2.45, 2.75) is 45.4 Å². The first-order valence-electron chi connectivity index (χ1n) is 5.44. The van der Waals surface area contributed by atoms with Gasteiger partial charge in [0.1, 0.15) is 5.69 Å². The lowest BCUT2D eigenvalue weighted by atomic mass is 10.0. The van der Waals surface area contributed by atoms with Crippen LogP contribution in [0.25, 0.3) is 0 Å². The SMILES string of the molecule is CCCCC(CC)c1nc(C(N)=O)cs1. The Bertz CT molecular complexity index is 322. The predicted molar refractivity (Wildman–Crippen MR) is 63.2 cm³/mol. The summed E-state index contributed by atoms with van der Waals surface area (Å²) in [6, 6.07) is 0. The zero-order valence-electron chi connectivity index (χ0n) is 9.32. The molecule has 84 valence electrons. The number of hydrogen-bond acceptors (Lipinski definition) is 3. The average molecular weight is 226 g/mol. The molecule has 3 nitrogen and oxygen atoms in total. The Morgan fingerprint density at radius 1 is 1.60 bits per heavy atom. The molecule has 1 unspecified atom stereocenters. The maximum absolute atomic E-state index is 10.9. The van der Waals surface area contributed by atoms with Gasteiger partial charge in [0.05, 0.1) is 5.01 Å². The maximum atomic E-state index is 10.9. The molecule has 0 aliphatic rings. The monoisotopic (exact) mass is 226 g/mol. The molecule has 1 atom stereocenters. The van der Waals surface area contributed by atoms with Crippen LogP contribution >= 0.6 is 11.3 Å². The number of thiazole rings is 1. The standard InChI is InChI=1S/C11H18N2OS/c1-3-5-6-8(4-2)11-13-9(7-15-11)10(12)14/h7-8H,3-6H2,1-2H3,(H2,12,14). The fourth-order valence-electron chi connectivity index (χ4n) is 1.54. The molecule has 0 fully saturated rings. The Kier molecular flexibility index (Phi) is 4.75. The van der Waals surface area contributed by atoms with Crippen LogP contribution < -0.4 is 5.73 Å². The minimum absolute atomic E-state index is 0.407. The Morgan fingerprint density at radius 3 is 2.80 bits per heavy atom. The van der Waals surface area contributed by atoms with E-state index >= 15 is 0 Å². The van der Waals surface area contributed by atoms with Gasteiger partial charge in [-0.05, 0) is 12.8 Å². The highest BCUT2D eigenvalue weighted by atomic mass is 32.1. The Hall–Kier alpha value is -0.900. The summed E-state index contributed by atoms with van der Waals surface area (Å²) >= 11 is 1.55. The minimum atomic E-state index is -0.428. The predicted octanol–water partition coefficient (Wildman–Crippen LogP) is 2.93. The Labute approximate surface area is 94.7 Å². The van der Waals surface area contributed by atoms with Crippen LogP contribution in [0.5, 0.6) is 0 Å². The summed E-state index contributed by atoms with van der Waals surface area (Å²) in [5, 5.41) is 2.81. The molecule has 1 rings (SSSR count). The third-order valence-corrected chi connectivity index (χ3v) is 3.53. The molecule has 4 heteroatoms. The molecule has 0 aliphatic carbocycles. The zero-order chi connectivity index (χ0) is 11.3. The van der Waals surface area contributed by atoms with Crippen molar-refractivity contribution in [2.24, 2.45) is 5.73 Å². The van der Waals surface area contributed by atoms with Gasteiger partial charge >= 0.3 is 0 Å². The Balaban J connectivity index is 2.69. The van der Waals surface area contributed by atoms with Crippen molar-refractivity contribution in [2.75, 3.05) is 0 Å². The van der Waals surface area contributed by atoms with Gasteiger partial charge in [0, 0.05) is 11.3 Å². The normalized spacial score (nSPS) is 12.7. The van der Waals surface area contributed by atoms with Gasteiger partial charge in [-0.25, -0.2) is 4.98 Å². The molecule has 0 saturated heterocycles. The van der Waals surface area contributed by atoms with E-state index in [0.717, 1.165) is 17.8 Å². The number of nitrogens with two attached hydrogens (primary N) is 1. The second-order valence-corrected chi connectivity index (χ2v) is 4.57. The van der Waals surface area contributed by atoms with Gasteiger partial charge in [0.25, 0.3) is 5.91 Å². The van der Waals surface area contributed by atoms with Crippen LogP contribution in [-0.4, -0.2) is 10.9 Å². The molecule has 0 spiro atoms. The smallest absolute Gasteiger partial charge is 0.268 e. The van der Waals surface area contributed by atoms with Crippen LogP contribution in [-0.2, 0) is 0 Å². The van der Waals surface area contributed by atoms with Gasteiger partial charge in [0.15, 0.2) is 0 Å².